The molecular weight excluding hydrogens is 212 g/mol. The van der Waals surface area contributed by atoms with Crippen LogP contribution in [-0.4, -0.2) is 22.7 Å². The lowest BCUT2D eigenvalue weighted by Gasteiger charge is -2.38. The number of hydrogen-bond acceptors (Lipinski definition) is 3. The molecule has 1 aromatic heterocycles. The quantitative estimate of drug-likeness (QED) is 0.870. The first-order valence-corrected chi connectivity index (χ1v) is 6.67. The van der Waals surface area contributed by atoms with E-state index in [1.807, 2.05) is 12.3 Å². The maximum absolute atomic E-state index is 9.40. The summed E-state index contributed by atoms with van der Waals surface area (Å²) in [5.41, 5.74) is 2.14. The summed E-state index contributed by atoms with van der Waals surface area (Å²) in [7, 11) is 0. The van der Waals surface area contributed by atoms with Gasteiger partial charge in [0.05, 0.1) is 6.61 Å². The van der Waals surface area contributed by atoms with Crippen molar-refractivity contribution in [3.63, 3.8) is 0 Å². The first-order valence-electron chi connectivity index (χ1n) is 6.67. The number of rotatable bonds is 4. The fourth-order valence-electron chi connectivity index (χ4n) is 2.77. The lowest BCUT2D eigenvalue weighted by atomic mass is 9.97. The van der Waals surface area contributed by atoms with Gasteiger partial charge >= 0.3 is 0 Å². The molecule has 3 nitrogen and oxygen atoms in total. The highest BCUT2D eigenvalue weighted by Crippen LogP contribution is 2.29. The maximum atomic E-state index is 9.40. The van der Waals surface area contributed by atoms with Crippen molar-refractivity contribution in [1.82, 2.24) is 4.98 Å². The molecule has 1 aliphatic rings. The van der Waals surface area contributed by atoms with E-state index in [1.54, 1.807) is 6.20 Å². The Morgan fingerprint density at radius 2 is 2.35 bits per heavy atom. The third-order valence-corrected chi connectivity index (χ3v) is 3.61. The Kier molecular flexibility index (Phi) is 4.37. The molecule has 1 aliphatic heterocycles. The minimum absolute atomic E-state index is 0.0819. The minimum atomic E-state index is 0.0819. The van der Waals surface area contributed by atoms with Crippen LogP contribution in [0.4, 0.5) is 5.69 Å². The van der Waals surface area contributed by atoms with Gasteiger partial charge in [0.1, 0.15) is 0 Å². The molecule has 1 atom stereocenters. The molecule has 0 radical (unpaired) electrons. The van der Waals surface area contributed by atoms with Crippen LogP contribution >= 0.6 is 0 Å². The average molecular weight is 234 g/mol. The second-order valence-corrected chi connectivity index (χ2v) is 4.79. The molecule has 1 aromatic rings. The normalized spacial score (nSPS) is 20.6. The number of anilines is 1. The summed E-state index contributed by atoms with van der Waals surface area (Å²) in [6.07, 6.45) is 9.95. The van der Waals surface area contributed by atoms with Crippen LogP contribution in [0.5, 0.6) is 0 Å². The highest BCUT2D eigenvalue weighted by Gasteiger charge is 2.23. The van der Waals surface area contributed by atoms with Crippen molar-refractivity contribution < 1.29 is 5.11 Å². The van der Waals surface area contributed by atoms with Crippen LogP contribution in [0.15, 0.2) is 18.5 Å². The van der Waals surface area contributed by atoms with Crippen molar-refractivity contribution in [2.45, 2.75) is 51.7 Å². The van der Waals surface area contributed by atoms with E-state index < -0.39 is 0 Å². The van der Waals surface area contributed by atoms with Gasteiger partial charge in [-0.25, -0.2) is 0 Å². The van der Waals surface area contributed by atoms with E-state index in [-0.39, 0.29) is 6.61 Å². The Morgan fingerprint density at radius 3 is 3.12 bits per heavy atom. The second kappa shape index (κ2) is 6.01. The molecule has 1 saturated heterocycles. The summed E-state index contributed by atoms with van der Waals surface area (Å²) in [5, 5.41) is 9.40. The van der Waals surface area contributed by atoms with Crippen molar-refractivity contribution in [2.24, 2.45) is 0 Å². The van der Waals surface area contributed by atoms with Crippen LogP contribution in [0, 0.1) is 0 Å². The van der Waals surface area contributed by atoms with E-state index in [0.717, 1.165) is 12.1 Å². The number of piperidine rings is 1. The Balaban J connectivity index is 2.22. The van der Waals surface area contributed by atoms with Crippen molar-refractivity contribution in [2.75, 3.05) is 11.4 Å². The Labute approximate surface area is 103 Å². The maximum Gasteiger partial charge on any atom is 0.0717 e. The molecule has 1 unspecified atom stereocenters. The topological polar surface area (TPSA) is 36.4 Å². The first-order chi connectivity index (χ1) is 8.36. The zero-order valence-corrected chi connectivity index (χ0v) is 10.6. The molecule has 1 N–H and O–H groups in total. The fraction of sp³-hybridized carbons (Fsp3) is 0.643. The lowest BCUT2D eigenvalue weighted by molar-refractivity contribution is 0.281. The van der Waals surface area contributed by atoms with Crippen molar-refractivity contribution in [3.05, 3.63) is 24.0 Å². The summed E-state index contributed by atoms with van der Waals surface area (Å²) >= 11 is 0. The van der Waals surface area contributed by atoms with Gasteiger partial charge in [0.2, 0.25) is 0 Å². The summed E-state index contributed by atoms with van der Waals surface area (Å²) < 4.78 is 0. The molecule has 2 heterocycles. The zero-order valence-electron chi connectivity index (χ0n) is 10.6. The smallest absolute Gasteiger partial charge is 0.0717 e. The van der Waals surface area contributed by atoms with Crippen molar-refractivity contribution in [3.8, 4) is 0 Å². The molecule has 1 fully saturated rings. The van der Waals surface area contributed by atoms with E-state index in [1.165, 1.54) is 37.8 Å². The van der Waals surface area contributed by atoms with Gasteiger partial charge in [-0.15, -0.1) is 0 Å². The number of pyridine rings is 1. The van der Waals surface area contributed by atoms with Crippen molar-refractivity contribution >= 4 is 5.69 Å². The number of nitrogens with zero attached hydrogens (tertiary/aromatic N) is 2. The molecule has 3 heteroatoms. The predicted molar refractivity (Wildman–Crippen MR) is 70.1 cm³/mol. The fourth-order valence-corrected chi connectivity index (χ4v) is 2.77. The van der Waals surface area contributed by atoms with Gasteiger partial charge in [0.15, 0.2) is 0 Å². The summed E-state index contributed by atoms with van der Waals surface area (Å²) in [6.45, 7) is 3.44. The van der Waals surface area contributed by atoms with Crippen LogP contribution in [0.25, 0.3) is 0 Å². The Morgan fingerprint density at radius 1 is 1.47 bits per heavy atom. The molecule has 0 spiro atoms. The number of hydrogen-bond donors (Lipinski definition) is 1. The number of aromatic nitrogens is 1. The first kappa shape index (κ1) is 12.4. The van der Waals surface area contributed by atoms with Crippen LogP contribution in [-0.2, 0) is 6.61 Å². The number of aliphatic hydroxyl groups excluding tert-OH is 1. The van der Waals surface area contributed by atoms with E-state index in [2.05, 4.69) is 16.8 Å². The molecule has 0 amide bonds. The molecule has 94 valence electrons. The summed E-state index contributed by atoms with van der Waals surface area (Å²) in [4.78, 5) is 6.57. The van der Waals surface area contributed by atoms with Crippen LogP contribution in [0.3, 0.4) is 0 Å². The molecule has 2 rings (SSSR count). The molecule has 0 bridgehead atoms. The largest absolute Gasteiger partial charge is 0.392 e. The molecule has 0 saturated carbocycles. The third-order valence-electron chi connectivity index (χ3n) is 3.61. The monoisotopic (exact) mass is 234 g/mol. The minimum Gasteiger partial charge on any atom is -0.392 e. The van der Waals surface area contributed by atoms with Gasteiger partial charge in [-0.05, 0) is 31.7 Å². The van der Waals surface area contributed by atoms with E-state index in [4.69, 9.17) is 0 Å². The predicted octanol–water partition coefficient (Wildman–Crippen LogP) is 2.73. The van der Waals surface area contributed by atoms with Crippen LogP contribution in [0.2, 0.25) is 0 Å². The Bertz CT molecular complexity index is 352. The average Bonchev–Trinajstić information content (AvgIpc) is 2.40. The van der Waals surface area contributed by atoms with Gasteiger partial charge in [-0.1, -0.05) is 13.3 Å². The standard InChI is InChI=1S/C14H22N2O/c1-2-5-13-6-3-4-9-16(13)14-7-8-15-10-12(14)11-17/h7-8,10,13,17H,2-6,9,11H2,1H3. The van der Waals surface area contributed by atoms with Crippen molar-refractivity contribution in [1.29, 1.82) is 0 Å². The lowest BCUT2D eigenvalue weighted by Crippen LogP contribution is -2.40. The highest BCUT2D eigenvalue weighted by atomic mass is 16.3. The van der Waals surface area contributed by atoms with Gasteiger partial charge in [0, 0.05) is 36.2 Å². The van der Waals surface area contributed by atoms with E-state index in [9.17, 15) is 5.11 Å². The number of aliphatic hydroxyl groups is 1. The third kappa shape index (κ3) is 2.78. The van der Waals surface area contributed by atoms with Crippen LogP contribution < -0.4 is 4.90 Å². The SMILES string of the molecule is CCCC1CCCCN1c1ccncc1CO. The van der Waals surface area contributed by atoms with Gasteiger partial charge in [0.25, 0.3) is 0 Å². The zero-order chi connectivity index (χ0) is 12.1. The Hall–Kier alpha value is -1.09. The van der Waals surface area contributed by atoms with Gasteiger partial charge < -0.3 is 10.0 Å². The van der Waals surface area contributed by atoms with Gasteiger partial charge in [-0.3, -0.25) is 4.98 Å². The van der Waals surface area contributed by atoms with Gasteiger partial charge in [-0.2, -0.15) is 0 Å². The second-order valence-electron chi connectivity index (χ2n) is 4.79. The highest BCUT2D eigenvalue weighted by molar-refractivity contribution is 5.53. The molecule has 0 aliphatic carbocycles. The molecule has 17 heavy (non-hydrogen) atoms. The summed E-state index contributed by atoms with van der Waals surface area (Å²) in [6, 6.07) is 2.68. The summed E-state index contributed by atoms with van der Waals surface area (Å²) in [5.74, 6) is 0. The molecule has 0 aromatic carbocycles. The van der Waals surface area contributed by atoms with E-state index in [0.29, 0.717) is 6.04 Å². The molecular formula is C14H22N2O. The van der Waals surface area contributed by atoms with E-state index >= 15 is 0 Å². The van der Waals surface area contributed by atoms with Crippen LogP contribution in [0.1, 0.15) is 44.6 Å².